The van der Waals surface area contributed by atoms with Gasteiger partial charge < -0.3 is 0 Å². The van der Waals surface area contributed by atoms with Crippen molar-refractivity contribution in [2.75, 3.05) is 0 Å². The summed E-state index contributed by atoms with van der Waals surface area (Å²) in [6.45, 7) is 2.12. The first-order valence-corrected chi connectivity index (χ1v) is 5.66. The van der Waals surface area contributed by atoms with Crippen molar-refractivity contribution in [1.82, 2.24) is 0 Å². The summed E-state index contributed by atoms with van der Waals surface area (Å²) in [5.74, 6) is 0. The number of nitriles is 1. The standard InChI is InChI=1S/C11H9NS2/c1-2-7-3-9(13)4-8-5-10(6-12)14-11(7)8/h3-5,13H,2H2,1H3. The van der Waals surface area contributed by atoms with Crippen LogP contribution in [0.25, 0.3) is 10.1 Å². The molecule has 70 valence electrons. The van der Waals surface area contributed by atoms with Crippen molar-refractivity contribution in [3.63, 3.8) is 0 Å². The maximum atomic E-state index is 8.81. The van der Waals surface area contributed by atoms with Crippen molar-refractivity contribution in [2.24, 2.45) is 0 Å². The van der Waals surface area contributed by atoms with Crippen molar-refractivity contribution >= 4 is 34.1 Å². The summed E-state index contributed by atoms with van der Waals surface area (Å²) in [4.78, 5) is 1.74. The zero-order valence-electron chi connectivity index (χ0n) is 7.74. The van der Waals surface area contributed by atoms with Crippen LogP contribution >= 0.6 is 24.0 Å². The molecule has 0 radical (unpaired) electrons. The van der Waals surface area contributed by atoms with Crippen molar-refractivity contribution in [3.05, 3.63) is 28.6 Å². The lowest BCUT2D eigenvalue weighted by Crippen LogP contribution is -1.79. The molecule has 1 aromatic heterocycles. The molecule has 0 unspecified atom stereocenters. The zero-order valence-corrected chi connectivity index (χ0v) is 9.45. The molecule has 0 saturated heterocycles. The van der Waals surface area contributed by atoms with Crippen LogP contribution in [-0.4, -0.2) is 0 Å². The maximum absolute atomic E-state index is 8.81. The smallest absolute Gasteiger partial charge is 0.110 e. The van der Waals surface area contributed by atoms with E-state index in [0.29, 0.717) is 0 Å². The fourth-order valence-electron chi connectivity index (χ4n) is 1.53. The van der Waals surface area contributed by atoms with Gasteiger partial charge in [0.1, 0.15) is 10.9 Å². The van der Waals surface area contributed by atoms with Crippen LogP contribution in [0.2, 0.25) is 0 Å². The van der Waals surface area contributed by atoms with Gasteiger partial charge in [0.2, 0.25) is 0 Å². The second kappa shape index (κ2) is 3.64. The Hall–Kier alpha value is -0.980. The topological polar surface area (TPSA) is 23.8 Å². The summed E-state index contributed by atoms with van der Waals surface area (Å²) in [6, 6.07) is 8.19. The summed E-state index contributed by atoms with van der Waals surface area (Å²) in [6.07, 6.45) is 0.982. The lowest BCUT2D eigenvalue weighted by Gasteiger charge is -2.00. The van der Waals surface area contributed by atoms with Gasteiger partial charge in [0.05, 0.1) is 0 Å². The average molecular weight is 219 g/mol. The molecule has 2 rings (SSSR count). The molecule has 0 bridgehead atoms. The SMILES string of the molecule is CCc1cc(S)cc2cc(C#N)sc12. The minimum Gasteiger partial charge on any atom is -0.192 e. The lowest BCUT2D eigenvalue weighted by molar-refractivity contribution is 1.15. The Kier molecular flexibility index (Phi) is 2.49. The molecule has 2 aromatic rings. The number of nitrogens with zero attached hydrogens (tertiary/aromatic N) is 1. The van der Waals surface area contributed by atoms with Gasteiger partial charge in [0, 0.05) is 9.60 Å². The Morgan fingerprint density at radius 2 is 2.21 bits per heavy atom. The Morgan fingerprint density at radius 1 is 1.43 bits per heavy atom. The number of thiophene rings is 1. The highest BCUT2D eigenvalue weighted by molar-refractivity contribution is 7.80. The highest BCUT2D eigenvalue weighted by atomic mass is 32.1. The van der Waals surface area contributed by atoms with Gasteiger partial charge in [-0.15, -0.1) is 24.0 Å². The number of hydrogen-bond donors (Lipinski definition) is 1. The number of benzene rings is 1. The number of fused-ring (bicyclic) bond motifs is 1. The van der Waals surface area contributed by atoms with E-state index < -0.39 is 0 Å². The molecular formula is C11H9NS2. The minimum atomic E-state index is 0.772. The van der Waals surface area contributed by atoms with E-state index in [1.54, 1.807) is 11.3 Å². The van der Waals surface area contributed by atoms with E-state index >= 15 is 0 Å². The second-order valence-electron chi connectivity index (χ2n) is 3.10. The molecule has 3 heteroatoms. The van der Waals surface area contributed by atoms with Crippen LogP contribution in [0.3, 0.4) is 0 Å². The van der Waals surface area contributed by atoms with Crippen LogP contribution < -0.4 is 0 Å². The molecular weight excluding hydrogens is 210 g/mol. The summed E-state index contributed by atoms with van der Waals surface area (Å²) in [7, 11) is 0. The molecule has 0 aliphatic heterocycles. The minimum absolute atomic E-state index is 0.772. The first-order chi connectivity index (χ1) is 6.74. The second-order valence-corrected chi connectivity index (χ2v) is 4.67. The largest absolute Gasteiger partial charge is 0.192 e. The molecule has 0 spiro atoms. The molecule has 1 nitrogen and oxygen atoms in total. The van der Waals surface area contributed by atoms with Gasteiger partial charge in [-0.3, -0.25) is 0 Å². The van der Waals surface area contributed by atoms with E-state index in [0.717, 1.165) is 21.6 Å². The highest BCUT2D eigenvalue weighted by Gasteiger charge is 2.06. The van der Waals surface area contributed by atoms with Crippen LogP contribution in [0.5, 0.6) is 0 Å². The van der Waals surface area contributed by atoms with Crippen molar-refractivity contribution in [1.29, 1.82) is 5.26 Å². The number of aryl methyl sites for hydroxylation is 1. The normalized spacial score (nSPS) is 10.4. The Morgan fingerprint density at radius 3 is 2.86 bits per heavy atom. The summed E-state index contributed by atoms with van der Waals surface area (Å²) >= 11 is 5.91. The van der Waals surface area contributed by atoms with Gasteiger partial charge in [-0.05, 0) is 35.6 Å². The lowest BCUT2D eigenvalue weighted by atomic mass is 10.1. The molecule has 0 atom stereocenters. The van der Waals surface area contributed by atoms with Gasteiger partial charge in [0.25, 0.3) is 0 Å². The van der Waals surface area contributed by atoms with Crippen LogP contribution in [0.4, 0.5) is 0 Å². The summed E-state index contributed by atoms with van der Waals surface area (Å²) < 4.78 is 1.22. The Balaban J connectivity index is 2.79. The van der Waals surface area contributed by atoms with Gasteiger partial charge in [-0.25, -0.2) is 0 Å². The van der Waals surface area contributed by atoms with Crippen LogP contribution in [0.1, 0.15) is 17.4 Å². The van der Waals surface area contributed by atoms with Gasteiger partial charge in [-0.2, -0.15) is 5.26 Å². The average Bonchev–Trinajstić information content (AvgIpc) is 2.59. The van der Waals surface area contributed by atoms with E-state index in [9.17, 15) is 0 Å². The number of thiol groups is 1. The molecule has 14 heavy (non-hydrogen) atoms. The van der Waals surface area contributed by atoms with E-state index in [1.807, 2.05) is 12.1 Å². The molecule has 0 aliphatic carbocycles. The number of rotatable bonds is 1. The highest BCUT2D eigenvalue weighted by Crippen LogP contribution is 2.31. The third-order valence-electron chi connectivity index (χ3n) is 2.17. The summed E-state index contributed by atoms with van der Waals surface area (Å²) in [5.41, 5.74) is 1.28. The van der Waals surface area contributed by atoms with E-state index in [1.165, 1.54) is 10.3 Å². The molecule has 0 saturated carbocycles. The Labute approximate surface area is 92.4 Å². The fraction of sp³-hybridized carbons (Fsp3) is 0.182. The Bertz CT molecular complexity index is 520. The first-order valence-electron chi connectivity index (χ1n) is 4.40. The van der Waals surface area contributed by atoms with E-state index in [4.69, 9.17) is 5.26 Å². The van der Waals surface area contributed by atoms with Gasteiger partial charge in [-0.1, -0.05) is 6.92 Å². The van der Waals surface area contributed by atoms with Gasteiger partial charge >= 0.3 is 0 Å². The van der Waals surface area contributed by atoms with Crippen LogP contribution in [0.15, 0.2) is 23.1 Å². The van der Waals surface area contributed by atoms with Crippen LogP contribution in [0, 0.1) is 11.3 Å². The molecule has 0 aliphatic rings. The predicted octanol–water partition coefficient (Wildman–Crippen LogP) is 3.62. The van der Waals surface area contributed by atoms with Crippen molar-refractivity contribution in [2.45, 2.75) is 18.2 Å². The third kappa shape index (κ3) is 1.52. The van der Waals surface area contributed by atoms with Crippen molar-refractivity contribution < 1.29 is 0 Å². The molecule has 0 amide bonds. The van der Waals surface area contributed by atoms with E-state index in [-0.39, 0.29) is 0 Å². The van der Waals surface area contributed by atoms with E-state index in [2.05, 4.69) is 31.7 Å². The monoisotopic (exact) mass is 219 g/mol. The molecule has 0 fully saturated rings. The number of hydrogen-bond acceptors (Lipinski definition) is 3. The van der Waals surface area contributed by atoms with Crippen molar-refractivity contribution in [3.8, 4) is 6.07 Å². The maximum Gasteiger partial charge on any atom is 0.110 e. The quantitative estimate of drug-likeness (QED) is 0.728. The zero-order chi connectivity index (χ0) is 10.1. The van der Waals surface area contributed by atoms with Crippen LogP contribution in [-0.2, 0) is 6.42 Å². The molecule has 0 N–H and O–H groups in total. The summed E-state index contributed by atoms with van der Waals surface area (Å²) in [5, 5.41) is 9.95. The van der Waals surface area contributed by atoms with Gasteiger partial charge in [0.15, 0.2) is 0 Å². The third-order valence-corrected chi connectivity index (χ3v) is 3.56. The molecule has 1 heterocycles. The predicted molar refractivity (Wildman–Crippen MR) is 63.2 cm³/mol. The fourth-order valence-corrected chi connectivity index (χ4v) is 2.84. The molecule has 1 aromatic carbocycles. The first kappa shape index (κ1) is 9.57.